The fourth-order valence-corrected chi connectivity index (χ4v) is 2.72. The average molecular weight is 335 g/mol. The number of esters is 1. The Labute approximate surface area is 142 Å². The maximum absolute atomic E-state index is 11.5. The summed E-state index contributed by atoms with van der Waals surface area (Å²) in [5.74, 6) is 1.37. The minimum Gasteiger partial charge on any atom is -0.465 e. The van der Waals surface area contributed by atoms with Crippen LogP contribution in [0.3, 0.4) is 0 Å². The number of aromatic nitrogens is 2. The van der Waals surface area contributed by atoms with E-state index in [1.807, 2.05) is 18.3 Å². The van der Waals surface area contributed by atoms with Gasteiger partial charge in [0.25, 0.3) is 0 Å². The number of rotatable bonds is 8. The van der Waals surface area contributed by atoms with Gasteiger partial charge < -0.3 is 9.30 Å². The number of carbonyl (C=O) groups excluding carboxylic acids is 1. The molecular formula is C18H23ClN2O2. The van der Waals surface area contributed by atoms with Crippen LogP contribution in [-0.2, 0) is 24.1 Å². The number of halogens is 1. The first-order valence-electron chi connectivity index (χ1n) is 7.96. The second-order valence-corrected chi connectivity index (χ2v) is 5.86. The van der Waals surface area contributed by atoms with Gasteiger partial charge in [-0.1, -0.05) is 25.5 Å². The molecule has 0 N–H and O–H groups in total. The SMILES string of the molecule is CCCCc1ncc(CCCl)n1Cc1ccc(C(=O)OC)cc1. The third kappa shape index (κ3) is 4.58. The van der Waals surface area contributed by atoms with Gasteiger partial charge in [0.15, 0.2) is 0 Å². The lowest BCUT2D eigenvalue weighted by atomic mass is 10.1. The number of unbranched alkanes of at least 4 members (excludes halogenated alkanes) is 1. The molecule has 5 heteroatoms. The van der Waals surface area contributed by atoms with Crippen LogP contribution in [0, 0.1) is 0 Å². The van der Waals surface area contributed by atoms with Crippen LogP contribution in [0.4, 0.5) is 0 Å². The van der Waals surface area contributed by atoms with Crippen LogP contribution in [0.15, 0.2) is 30.5 Å². The predicted molar refractivity (Wildman–Crippen MR) is 92.1 cm³/mol. The molecule has 0 atom stereocenters. The van der Waals surface area contributed by atoms with E-state index in [1.54, 1.807) is 12.1 Å². The number of alkyl halides is 1. The molecule has 0 aliphatic rings. The first-order valence-corrected chi connectivity index (χ1v) is 8.49. The maximum Gasteiger partial charge on any atom is 0.337 e. The third-order valence-corrected chi connectivity index (χ3v) is 4.03. The van der Waals surface area contributed by atoms with Crippen molar-refractivity contribution in [3.63, 3.8) is 0 Å². The number of hydrogen-bond donors (Lipinski definition) is 0. The molecule has 0 aliphatic carbocycles. The zero-order chi connectivity index (χ0) is 16.7. The van der Waals surface area contributed by atoms with Gasteiger partial charge in [-0.25, -0.2) is 9.78 Å². The fraction of sp³-hybridized carbons (Fsp3) is 0.444. The van der Waals surface area contributed by atoms with E-state index in [0.29, 0.717) is 11.4 Å². The molecule has 2 aromatic rings. The molecule has 0 amide bonds. The molecule has 4 nitrogen and oxygen atoms in total. The largest absolute Gasteiger partial charge is 0.465 e. The van der Waals surface area contributed by atoms with E-state index in [1.165, 1.54) is 7.11 Å². The van der Waals surface area contributed by atoms with Crippen LogP contribution in [0.2, 0.25) is 0 Å². The zero-order valence-corrected chi connectivity index (χ0v) is 14.5. The van der Waals surface area contributed by atoms with E-state index >= 15 is 0 Å². The van der Waals surface area contributed by atoms with Crippen molar-refractivity contribution in [2.45, 2.75) is 39.2 Å². The summed E-state index contributed by atoms with van der Waals surface area (Å²) in [6.07, 6.45) is 5.97. The topological polar surface area (TPSA) is 44.1 Å². The first kappa shape index (κ1) is 17.5. The smallest absolute Gasteiger partial charge is 0.337 e. The average Bonchev–Trinajstić information content (AvgIpc) is 2.95. The van der Waals surface area contributed by atoms with E-state index in [0.717, 1.165) is 49.3 Å². The van der Waals surface area contributed by atoms with Crippen molar-refractivity contribution in [1.29, 1.82) is 0 Å². The standard InChI is InChI=1S/C18H23ClN2O2/c1-3-4-5-17-20-12-16(10-11-19)21(17)13-14-6-8-15(9-7-14)18(22)23-2/h6-9,12H,3-5,10-11,13H2,1-2H3. The molecule has 2 rings (SSSR count). The maximum atomic E-state index is 11.5. The Morgan fingerprint density at radius 1 is 1.26 bits per heavy atom. The number of hydrogen-bond acceptors (Lipinski definition) is 3. The molecule has 0 fully saturated rings. The van der Waals surface area contributed by atoms with Gasteiger partial charge in [0.05, 0.1) is 12.7 Å². The van der Waals surface area contributed by atoms with Crippen molar-refractivity contribution < 1.29 is 9.53 Å². The number of nitrogens with zero attached hydrogens (tertiary/aromatic N) is 2. The highest BCUT2D eigenvalue weighted by Gasteiger charge is 2.11. The Morgan fingerprint density at radius 2 is 2.00 bits per heavy atom. The van der Waals surface area contributed by atoms with Crippen LogP contribution in [0.1, 0.15) is 47.2 Å². The first-order chi connectivity index (χ1) is 11.2. The Kier molecular flexibility index (Phi) is 6.66. The summed E-state index contributed by atoms with van der Waals surface area (Å²) in [4.78, 5) is 16.1. The monoisotopic (exact) mass is 334 g/mol. The molecule has 0 unspecified atom stereocenters. The molecular weight excluding hydrogens is 312 g/mol. The van der Waals surface area contributed by atoms with Crippen LogP contribution < -0.4 is 0 Å². The number of imidazole rings is 1. The molecule has 0 bridgehead atoms. The van der Waals surface area contributed by atoms with Crippen molar-refractivity contribution in [3.8, 4) is 0 Å². The van der Waals surface area contributed by atoms with Crippen molar-refractivity contribution in [2.75, 3.05) is 13.0 Å². The highest BCUT2D eigenvalue weighted by Crippen LogP contribution is 2.15. The highest BCUT2D eigenvalue weighted by atomic mass is 35.5. The highest BCUT2D eigenvalue weighted by molar-refractivity contribution is 6.17. The molecule has 0 aliphatic heterocycles. The molecule has 0 radical (unpaired) electrons. The fourth-order valence-electron chi connectivity index (χ4n) is 2.52. The van der Waals surface area contributed by atoms with Gasteiger partial charge in [0, 0.05) is 37.2 Å². The lowest BCUT2D eigenvalue weighted by Crippen LogP contribution is -2.10. The number of aryl methyl sites for hydroxylation is 2. The van der Waals surface area contributed by atoms with Crippen molar-refractivity contribution in [2.24, 2.45) is 0 Å². The van der Waals surface area contributed by atoms with Crippen molar-refractivity contribution in [1.82, 2.24) is 9.55 Å². The lowest BCUT2D eigenvalue weighted by Gasteiger charge is -2.12. The second-order valence-electron chi connectivity index (χ2n) is 5.48. The van der Waals surface area contributed by atoms with Crippen LogP contribution in [-0.4, -0.2) is 28.5 Å². The summed E-state index contributed by atoms with van der Waals surface area (Å²) in [6.45, 7) is 2.92. The van der Waals surface area contributed by atoms with Gasteiger partial charge in [0.2, 0.25) is 0 Å². The summed E-state index contributed by atoms with van der Waals surface area (Å²) >= 11 is 5.90. The third-order valence-electron chi connectivity index (χ3n) is 3.84. The second kappa shape index (κ2) is 8.73. The summed E-state index contributed by atoms with van der Waals surface area (Å²) in [5, 5.41) is 0. The normalized spacial score (nSPS) is 10.7. The van der Waals surface area contributed by atoms with E-state index in [4.69, 9.17) is 16.3 Å². The quantitative estimate of drug-likeness (QED) is 0.544. The van der Waals surface area contributed by atoms with E-state index in [2.05, 4.69) is 16.5 Å². The van der Waals surface area contributed by atoms with Crippen LogP contribution in [0.5, 0.6) is 0 Å². The molecule has 0 saturated carbocycles. The summed E-state index contributed by atoms with van der Waals surface area (Å²) in [7, 11) is 1.39. The minimum absolute atomic E-state index is 0.314. The number of carbonyl (C=O) groups is 1. The van der Waals surface area contributed by atoms with E-state index in [-0.39, 0.29) is 5.97 Å². The van der Waals surface area contributed by atoms with Crippen LogP contribution in [0.25, 0.3) is 0 Å². The predicted octanol–water partition coefficient (Wildman–Crippen LogP) is 3.84. The lowest BCUT2D eigenvalue weighted by molar-refractivity contribution is 0.0600. The molecule has 124 valence electrons. The van der Waals surface area contributed by atoms with Gasteiger partial charge >= 0.3 is 5.97 Å². The Balaban J connectivity index is 2.20. The van der Waals surface area contributed by atoms with Crippen LogP contribution >= 0.6 is 11.6 Å². The Hall–Kier alpha value is -1.81. The van der Waals surface area contributed by atoms with E-state index < -0.39 is 0 Å². The van der Waals surface area contributed by atoms with E-state index in [9.17, 15) is 4.79 Å². The van der Waals surface area contributed by atoms with Gasteiger partial charge in [-0.15, -0.1) is 11.6 Å². The van der Waals surface area contributed by atoms with Gasteiger partial charge in [-0.2, -0.15) is 0 Å². The summed E-state index contributed by atoms with van der Waals surface area (Å²) in [6, 6.07) is 7.51. The number of benzene rings is 1. The molecule has 0 saturated heterocycles. The molecule has 1 aromatic heterocycles. The molecule has 1 heterocycles. The van der Waals surface area contributed by atoms with Gasteiger partial charge in [0.1, 0.15) is 5.82 Å². The zero-order valence-electron chi connectivity index (χ0n) is 13.7. The summed E-state index contributed by atoms with van der Waals surface area (Å²) in [5.41, 5.74) is 2.85. The van der Waals surface area contributed by atoms with Gasteiger partial charge in [-0.05, 0) is 24.1 Å². The molecule has 0 spiro atoms. The Morgan fingerprint density at radius 3 is 2.61 bits per heavy atom. The van der Waals surface area contributed by atoms with Crippen molar-refractivity contribution >= 4 is 17.6 Å². The molecule has 23 heavy (non-hydrogen) atoms. The number of ether oxygens (including phenoxy) is 1. The number of methoxy groups -OCH3 is 1. The Bertz CT molecular complexity index is 635. The summed E-state index contributed by atoms with van der Waals surface area (Å²) < 4.78 is 6.97. The molecule has 1 aromatic carbocycles. The van der Waals surface area contributed by atoms with Gasteiger partial charge in [-0.3, -0.25) is 0 Å². The van der Waals surface area contributed by atoms with Crippen molar-refractivity contribution in [3.05, 3.63) is 53.1 Å². The minimum atomic E-state index is -0.314.